The van der Waals surface area contributed by atoms with Crippen LogP contribution in [0.5, 0.6) is 0 Å². The molecule has 1 aromatic heterocycles. The fourth-order valence-corrected chi connectivity index (χ4v) is 1.52. The van der Waals surface area contributed by atoms with Crippen molar-refractivity contribution < 1.29 is 9.53 Å². The van der Waals surface area contributed by atoms with E-state index in [4.69, 9.17) is 10.5 Å². The molecule has 2 N–H and O–H groups in total. The fraction of sp³-hybridized carbons (Fsp3) is 0.400. The number of ether oxygens (including phenoxy) is 1. The molecule has 1 saturated heterocycles. The van der Waals surface area contributed by atoms with Gasteiger partial charge < -0.3 is 15.4 Å². The van der Waals surface area contributed by atoms with E-state index in [1.54, 1.807) is 11.0 Å². The van der Waals surface area contributed by atoms with Crippen LogP contribution in [-0.4, -0.2) is 29.1 Å². The summed E-state index contributed by atoms with van der Waals surface area (Å²) in [5.74, 6) is 0.470. The molecule has 1 aliphatic rings. The van der Waals surface area contributed by atoms with Crippen molar-refractivity contribution >= 4 is 11.9 Å². The van der Waals surface area contributed by atoms with Gasteiger partial charge in [-0.3, -0.25) is 0 Å². The Kier molecular flexibility index (Phi) is 2.71. The summed E-state index contributed by atoms with van der Waals surface area (Å²) in [6.45, 7) is 1.69. The number of rotatable bonds is 2. The predicted molar refractivity (Wildman–Crippen MR) is 55.0 cm³/mol. The topological polar surface area (TPSA) is 68.4 Å². The summed E-state index contributed by atoms with van der Waals surface area (Å²) < 4.78 is 4.92. The molecular formula is C10H13N3O2. The van der Waals surface area contributed by atoms with Crippen molar-refractivity contribution in [2.45, 2.75) is 13.0 Å². The number of nitrogens with zero attached hydrogens (tertiary/aromatic N) is 2. The summed E-state index contributed by atoms with van der Waals surface area (Å²) in [6, 6.07) is 5.39. The van der Waals surface area contributed by atoms with E-state index in [9.17, 15) is 4.79 Å². The number of hydrogen-bond acceptors (Lipinski definition) is 4. The van der Waals surface area contributed by atoms with Crippen LogP contribution in [0.25, 0.3) is 0 Å². The van der Waals surface area contributed by atoms with Crippen molar-refractivity contribution in [2.75, 3.05) is 18.9 Å². The van der Waals surface area contributed by atoms with Gasteiger partial charge in [0.1, 0.15) is 5.82 Å². The molecule has 2 rings (SSSR count). The van der Waals surface area contributed by atoms with Gasteiger partial charge in [0.25, 0.3) is 0 Å². The Hall–Kier alpha value is -1.78. The Balaban J connectivity index is 2.04. The van der Waals surface area contributed by atoms with Gasteiger partial charge >= 0.3 is 6.09 Å². The number of anilines is 1. The second-order valence-electron chi connectivity index (χ2n) is 3.44. The smallest absolute Gasteiger partial charge is 0.410 e. The summed E-state index contributed by atoms with van der Waals surface area (Å²) in [6.07, 6.45) is 0.596. The highest BCUT2D eigenvalue weighted by Crippen LogP contribution is 2.10. The van der Waals surface area contributed by atoms with Crippen molar-refractivity contribution in [3.63, 3.8) is 0 Å². The van der Waals surface area contributed by atoms with Gasteiger partial charge in [0.15, 0.2) is 0 Å². The molecular weight excluding hydrogens is 194 g/mol. The molecule has 1 amide bonds. The number of hydrogen-bond donors (Lipinski definition) is 1. The maximum absolute atomic E-state index is 11.3. The van der Waals surface area contributed by atoms with Gasteiger partial charge in [-0.1, -0.05) is 6.07 Å². The minimum absolute atomic E-state index is 0.273. The van der Waals surface area contributed by atoms with Gasteiger partial charge in [-0.25, -0.2) is 9.78 Å². The van der Waals surface area contributed by atoms with E-state index in [2.05, 4.69) is 4.98 Å². The van der Waals surface area contributed by atoms with Crippen LogP contribution in [0.3, 0.4) is 0 Å². The van der Waals surface area contributed by atoms with Crippen molar-refractivity contribution in [3.05, 3.63) is 23.9 Å². The molecule has 0 spiro atoms. The molecule has 0 aromatic carbocycles. The fourth-order valence-electron chi connectivity index (χ4n) is 1.52. The maximum atomic E-state index is 11.3. The molecule has 0 saturated carbocycles. The molecule has 1 aromatic rings. The quantitative estimate of drug-likeness (QED) is 0.785. The van der Waals surface area contributed by atoms with E-state index in [-0.39, 0.29) is 6.09 Å². The van der Waals surface area contributed by atoms with Crippen LogP contribution in [0.4, 0.5) is 10.6 Å². The lowest BCUT2D eigenvalue weighted by Crippen LogP contribution is -2.37. The Labute approximate surface area is 87.8 Å². The Morgan fingerprint density at radius 2 is 2.40 bits per heavy atom. The standard InChI is InChI=1S/C10H13N3O2/c11-9-4-1-3-8(12-9)7-13-5-2-6-15-10(13)14/h1,3-4H,2,5-7H2,(H2,11,12). The number of carbonyl (C=O) groups is 1. The highest BCUT2D eigenvalue weighted by molar-refractivity contribution is 5.68. The Morgan fingerprint density at radius 3 is 3.13 bits per heavy atom. The van der Waals surface area contributed by atoms with Gasteiger partial charge in [-0.15, -0.1) is 0 Å². The van der Waals surface area contributed by atoms with Crippen LogP contribution in [0.15, 0.2) is 18.2 Å². The third-order valence-electron chi connectivity index (χ3n) is 2.24. The summed E-state index contributed by atoms with van der Waals surface area (Å²) >= 11 is 0. The average molecular weight is 207 g/mol. The second kappa shape index (κ2) is 4.16. The lowest BCUT2D eigenvalue weighted by Gasteiger charge is -2.25. The summed E-state index contributed by atoms with van der Waals surface area (Å²) in [5.41, 5.74) is 6.34. The van der Waals surface area contributed by atoms with Crippen molar-refractivity contribution in [2.24, 2.45) is 0 Å². The number of cyclic esters (lactones) is 1. The van der Waals surface area contributed by atoms with E-state index in [1.165, 1.54) is 0 Å². The molecule has 1 aliphatic heterocycles. The first kappa shape index (κ1) is 9.76. The third-order valence-corrected chi connectivity index (χ3v) is 2.24. The second-order valence-corrected chi connectivity index (χ2v) is 3.44. The highest BCUT2D eigenvalue weighted by Gasteiger charge is 2.19. The Bertz CT molecular complexity index is 367. The maximum Gasteiger partial charge on any atom is 0.410 e. The minimum Gasteiger partial charge on any atom is -0.449 e. The number of aromatic nitrogens is 1. The van der Waals surface area contributed by atoms with Crippen molar-refractivity contribution in [3.8, 4) is 0 Å². The molecule has 80 valence electrons. The van der Waals surface area contributed by atoms with E-state index in [0.29, 0.717) is 19.0 Å². The normalized spacial score (nSPS) is 16.3. The molecule has 15 heavy (non-hydrogen) atoms. The first-order valence-corrected chi connectivity index (χ1v) is 4.89. The van der Waals surface area contributed by atoms with Crippen molar-refractivity contribution in [1.82, 2.24) is 9.88 Å². The van der Waals surface area contributed by atoms with Gasteiger partial charge in [-0.2, -0.15) is 0 Å². The summed E-state index contributed by atoms with van der Waals surface area (Å²) in [4.78, 5) is 17.1. The SMILES string of the molecule is Nc1cccc(CN2CCCOC2=O)n1. The number of nitrogen functional groups attached to an aromatic ring is 1. The van der Waals surface area contributed by atoms with E-state index < -0.39 is 0 Å². The molecule has 1 fully saturated rings. The lowest BCUT2D eigenvalue weighted by atomic mass is 10.3. The zero-order valence-electron chi connectivity index (χ0n) is 8.35. The summed E-state index contributed by atoms with van der Waals surface area (Å²) in [5, 5.41) is 0. The van der Waals surface area contributed by atoms with Crippen LogP contribution in [0.1, 0.15) is 12.1 Å². The Morgan fingerprint density at radius 1 is 1.53 bits per heavy atom. The molecule has 5 nitrogen and oxygen atoms in total. The number of carbonyl (C=O) groups excluding carboxylic acids is 1. The molecule has 0 radical (unpaired) electrons. The zero-order chi connectivity index (χ0) is 10.7. The van der Waals surface area contributed by atoms with Crippen LogP contribution in [0.2, 0.25) is 0 Å². The molecule has 2 heterocycles. The van der Waals surface area contributed by atoms with Crippen LogP contribution in [0, 0.1) is 0 Å². The van der Waals surface area contributed by atoms with E-state index in [0.717, 1.165) is 18.7 Å². The van der Waals surface area contributed by atoms with Crippen LogP contribution >= 0.6 is 0 Å². The molecule has 0 atom stereocenters. The molecule has 0 aliphatic carbocycles. The van der Waals surface area contributed by atoms with Gasteiger partial charge in [0.05, 0.1) is 18.8 Å². The summed E-state index contributed by atoms with van der Waals surface area (Å²) in [7, 11) is 0. The largest absolute Gasteiger partial charge is 0.449 e. The monoisotopic (exact) mass is 207 g/mol. The van der Waals surface area contributed by atoms with E-state index in [1.807, 2.05) is 12.1 Å². The average Bonchev–Trinajstić information content (AvgIpc) is 2.22. The van der Waals surface area contributed by atoms with Crippen molar-refractivity contribution in [1.29, 1.82) is 0 Å². The number of amides is 1. The minimum atomic E-state index is -0.273. The zero-order valence-corrected chi connectivity index (χ0v) is 8.35. The van der Waals surface area contributed by atoms with Crippen LogP contribution in [-0.2, 0) is 11.3 Å². The van der Waals surface area contributed by atoms with E-state index >= 15 is 0 Å². The molecule has 5 heteroatoms. The van der Waals surface area contributed by atoms with Gasteiger partial charge in [0, 0.05) is 6.54 Å². The lowest BCUT2D eigenvalue weighted by molar-refractivity contribution is 0.0696. The number of pyridine rings is 1. The first-order chi connectivity index (χ1) is 7.25. The highest BCUT2D eigenvalue weighted by atomic mass is 16.6. The first-order valence-electron chi connectivity index (χ1n) is 4.89. The molecule has 0 bridgehead atoms. The van der Waals surface area contributed by atoms with Gasteiger partial charge in [-0.05, 0) is 18.6 Å². The molecule has 0 unspecified atom stereocenters. The van der Waals surface area contributed by atoms with Gasteiger partial charge in [0.2, 0.25) is 0 Å². The van der Waals surface area contributed by atoms with Crippen LogP contribution < -0.4 is 5.73 Å². The number of nitrogens with two attached hydrogens (primary N) is 1. The predicted octanol–water partition coefficient (Wildman–Crippen LogP) is 1.01. The third kappa shape index (κ3) is 2.37.